The molecule has 10 nitrogen and oxygen atoms in total. The Bertz CT molecular complexity index is 1590. The highest BCUT2D eigenvalue weighted by atomic mass is 19.1. The van der Waals surface area contributed by atoms with Gasteiger partial charge in [-0.05, 0) is 61.3 Å². The summed E-state index contributed by atoms with van der Waals surface area (Å²) >= 11 is 0. The Hall–Kier alpha value is -4.54. The summed E-state index contributed by atoms with van der Waals surface area (Å²) in [6.07, 6.45) is 2.42. The fourth-order valence-electron chi connectivity index (χ4n) is 5.76. The first-order chi connectivity index (χ1) is 20.1. The van der Waals surface area contributed by atoms with E-state index in [9.17, 15) is 23.6 Å². The molecule has 2 N–H and O–H groups in total. The number of carbonyl (C=O) groups is 3. The minimum Gasteiger partial charge on any atom is -0.481 e. The Morgan fingerprint density at radius 3 is 2.60 bits per heavy atom. The summed E-state index contributed by atoms with van der Waals surface area (Å²) in [6, 6.07) is 13.8. The molecule has 1 saturated carbocycles. The molecule has 3 amide bonds. The molecular weight excluding hydrogens is 541 g/mol. The van der Waals surface area contributed by atoms with Crippen LogP contribution in [0.15, 0.2) is 53.3 Å². The van der Waals surface area contributed by atoms with E-state index in [2.05, 4.69) is 10.6 Å². The zero-order chi connectivity index (χ0) is 30.0. The first kappa shape index (κ1) is 29.0. The van der Waals surface area contributed by atoms with E-state index >= 15 is 0 Å². The van der Waals surface area contributed by atoms with Crippen molar-refractivity contribution >= 4 is 17.7 Å². The predicted octanol–water partition coefficient (Wildman–Crippen LogP) is 2.80. The number of aromatic nitrogens is 2. The monoisotopic (exact) mass is 575 g/mol. The quantitative estimate of drug-likeness (QED) is 0.418. The molecule has 220 valence electrons. The second-order valence-electron chi connectivity index (χ2n) is 11.2. The van der Waals surface area contributed by atoms with Gasteiger partial charge in [-0.2, -0.15) is 0 Å². The van der Waals surface area contributed by atoms with Crippen LogP contribution in [0.4, 0.5) is 4.39 Å². The molecule has 0 radical (unpaired) electrons. The lowest BCUT2D eigenvalue weighted by Gasteiger charge is -2.31. The molecule has 1 fully saturated rings. The second kappa shape index (κ2) is 11.8. The zero-order valence-electron chi connectivity index (χ0n) is 23.9. The van der Waals surface area contributed by atoms with E-state index in [4.69, 9.17) is 9.72 Å². The molecule has 2 aromatic carbocycles. The summed E-state index contributed by atoms with van der Waals surface area (Å²) in [6.45, 7) is 2.08. The van der Waals surface area contributed by atoms with Crippen LogP contribution in [0, 0.1) is 18.7 Å². The van der Waals surface area contributed by atoms with Crippen LogP contribution < -0.4 is 20.9 Å². The number of likely N-dealkylation sites (N-methyl/N-ethyl adjacent to an activating group) is 1. The largest absolute Gasteiger partial charge is 0.481 e. The number of rotatable bonds is 7. The number of fused-ring (bicyclic) bond motifs is 4. The lowest BCUT2D eigenvalue weighted by Crippen LogP contribution is -2.52. The van der Waals surface area contributed by atoms with Crippen LogP contribution in [0.5, 0.6) is 5.75 Å². The number of nitrogens with zero attached hydrogens (tertiary/aromatic N) is 3. The standard InChI is InChI=1S/C31H34FN5O5/c1-19-15-22(9-10-23(19)32)17-33-26(38)24-25(42-18-21-7-5-4-6-8-21)28(40)37-14-12-20-11-13-31(16-20,30(37)34-24)35-27(39)29(41)36(2)3/h4-10,15,20H,11-14,16-18H2,1-3H3,(H,33,38)(H,35,39). The maximum atomic E-state index is 14.0. The van der Waals surface area contributed by atoms with Crippen molar-refractivity contribution in [1.29, 1.82) is 0 Å². The highest BCUT2D eigenvalue weighted by molar-refractivity contribution is 6.35. The van der Waals surface area contributed by atoms with Crippen molar-refractivity contribution in [3.05, 3.63) is 92.9 Å². The molecular formula is C31H34FN5O5. The molecule has 0 spiro atoms. The van der Waals surface area contributed by atoms with Crippen LogP contribution in [-0.2, 0) is 34.8 Å². The predicted molar refractivity (Wildman–Crippen MR) is 152 cm³/mol. The van der Waals surface area contributed by atoms with Crippen LogP contribution in [-0.4, -0.2) is 46.3 Å². The summed E-state index contributed by atoms with van der Waals surface area (Å²) in [5, 5.41) is 5.66. The highest BCUT2D eigenvalue weighted by Crippen LogP contribution is 2.45. The van der Waals surface area contributed by atoms with E-state index in [-0.39, 0.29) is 42.2 Å². The molecule has 3 aromatic rings. The van der Waals surface area contributed by atoms with Crippen LogP contribution in [0.25, 0.3) is 0 Å². The fraction of sp³-hybridized carbons (Fsp3) is 0.387. The molecule has 2 bridgehead atoms. The molecule has 2 aliphatic rings. The van der Waals surface area contributed by atoms with Gasteiger partial charge in [-0.15, -0.1) is 0 Å². The van der Waals surface area contributed by atoms with E-state index in [1.807, 2.05) is 30.3 Å². The lowest BCUT2D eigenvalue weighted by molar-refractivity contribution is -0.145. The fourth-order valence-corrected chi connectivity index (χ4v) is 5.76. The number of carbonyl (C=O) groups excluding carboxylic acids is 3. The zero-order valence-corrected chi connectivity index (χ0v) is 23.9. The second-order valence-corrected chi connectivity index (χ2v) is 11.2. The SMILES string of the molecule is Cc1cc(CNC(=O)c2nc3n(c(=O)c2OCc2ccccc2)CCC2CCC3(NC(=O)C(=O)N(C)C)C2)ccc1F. The van der Waals surface area contributed by atoms with Gasteiger partial charge in [0.2, 0.25) is 5.75 Å². The Balaban J connectivity index is 1.56. The first-order valence-electron chi connectivity index (χ1n) is 14.0. The van der Waals surface area contributed by atoms with Crippen molar-refractivity contribution < 1.29 is 23.5 Å². The van der Waals surface area contributed by atoms with E-state index < -0.39 is 28.8 Å². The van der Waals surface area contributed by atoms with E-state index in [0.29, 0.717) is 36.9 Å². The van der Waals surface area contributed by atoms with E-state index in [0.717, 1.165) is 12.0 Å². The molecule has 2 unspecified atom stereocenters. The van der Waals surface area contributed by atoms with Gasteiger partial charge in [0.25, 0.3) is 11.5 Å². The molecule has 1 aliphatic carbocycles. The van der Waals surface area contributed by atoms with Crippen molar-refractivity contribution in [3.63, 3.8) is 0 Å². The lowest BCUT2D eigenvalue weighted by atomic mass is 9.94. The first-order valence-corrected chi connectivity index (χ1v) is 14.0. The van der Waals surface area contributed by atoms with Crippen LogP contribution in [0.3, 0.4) is 0 Å². The van der Waals surface area contributed by atoms with E-state index in [1.54, 1.807) is 19.1 Å². The normalized spacial score (nSPS) is 18.9. The number of ether oxygens (including phenoxy) is 1. The minimum atomic E-state index is -1.09. The summed E-state index contributed by atoms with van der Waals surface area (Å²) in [7, 11) is 2.98. The topological polar surface area (TPSA) is 123 Å². The van der Waals surface area contributed by atoms with Crippen LogP contribution >= 0.6 is 0 Å². The molecule has 11 heteroatoms. The van der Waals surface area contributed by atoms with Gasteiger partial charge in [0, 0.05) is 27.2 Å². The Morgan fingerprint density at radius 1 is 1.12 bits per heavy atom. The van der Waals surface area contributed by atoms with Crippen molar-refractivity contribution in [2.75, 3.05) is 14.1 Å². The van der Waals surface area contributed by atoms with Gasteiger partial charge in [0.05, 0.1) is 5.54 Å². The maximum absolute atomic E-state index is 14.0. The number of halogens is 1. The van der Waals surface area contributed by atoms with Gasteiger partial charge in [-0.1, -0.05) is 42.5 Å². The number of nitrogens with one attached hydrogen (secondary N) is 2. The highest BCUT2D eigenvalue weighted by Gasteiger charge is 2.48. The maximum Gasteiger partial charge on any atom is 0.311 e. The van der Waals surface area contributed by atoms with Gasteiger partial charge >= 0.3 is 11.8 Å². The van der Waals surface area contributed by atoms with Crippen molar-refractivity contribution in [2.24, 2.45) is 5.92 Å². The third kappa shape index (κ3) is 5.77. The van der Waals surface area contributed by atoms with Crippen LogP contribution in [0.1, 0.15) is 58.7 Å². The number of aryl methyl sites for hydroxylation is 1. The molecule has 5 rings (SSSR count). The summed E-state index contributed by atoms with van der Waals surface area (Å²) in [4.78, 5) is 59.0. The van der Waals surface area contributed by atoms with Crippen molar-refractivity contribution in [2.45, 2.75) is 57.8 Å². The van der Waals surface area contributed by atoms with Gasteiger partial charge in [-0.3, -0.25) is 23.7 Å². The van der Waals surface area contributed by atoms with Gasteiger partial charge in [-0.25, -0.2) is 9.37 Å². The van der Waals surface area contributed by atoms with Gasteiger partial charge < -0.3 is 20.3 Å². The number of hydrogen-bond acceptors (Lipinski definition) is 6. The molecule has 1 aromatic heterocycles. The summed E-state index contributed by atoms with van der Waals surface area (Å²) in [5.41, 5.74) is 0.0815. The number of hydrogen-bond donors (Lipinski definition) is 2. The molecule has 1 aliphatic heterocycles. The van der Waals surface area contributed by atoms with Crippen LogP contribution in [0.2, 0.25) is 0 Å². The molecule has 42 heavy (non-hydrogen) atoms. The van der Waals surface area contributed by atoms with Crippen molar-refractivity contribution in [1.82, 2.24) is 25.1 Å². The summed E-state index contributed by atoms with van der Waals surface area (Å²) < 4.78 is 21.2. The number of benzene rings is 2. The Kier molecular flexibility index (Phi) is 8.11. The molecule has 0 saturated heterocycles. The molecule has 2 heterocycles. The third-order valence-corrected chi connectivity index (χ3v) is 8.00. The average molecular weight is 576 g/mol. The van der Waals surface area contributed by atoms with E-state index in [1.165, 1.54) is 29.6 Å². The van der Waals surface area contributed by atoms with Gasteiger partial charge in [0.15, 0.2) is 5.69 Å². The third-order valence-electron chi connectivity index (χ3n) is 8.00. The van der Waals surface area contributed by atoms with Crippen molar-refractivity contribution in [3.8, 4) is 5.75 Å². The summed E-state index contributed by atoms with van der Waals surface area (Å²) in [5.74, 6) is -2.27. The molecule has 2 atom stereocenters. The minimum absolute atomic E-state index is 0.0381. The Morgan fingerprint density at radius 2 is 1.88 bits per heavy atom. The van der Waals surface area contributed by atoms with Gasteiger partial charge in [0.1, 0.15) is 18.2 Å². The average Bonchev–Trinajstić information content (AvgIpc) is 3.31. The Labute approximate surface area is 242 Å². The smallest absolute Gasteiger partial charge is 0.311 e. The number of amides is 3.